The number of unbranched alkanes of at least 4 members (excludes halogenated alkanes) is 9. The standard InChI is InChI=1S/C30H36N2O7S/c1-2-3-4-5-6-7-8-9-10-13-21-31(29(33)28-26(30(34)35)17-14-18-27(28)32(36)37)40(38,39)25-20-19-23-15-11-12-16-24(23)22-25/h11-12,14-20,22H,2-10,13,21H2,1H3,(H,34,35). The van der Waals surface area contributed by atoms with Crippen molar-refractivity contribution in [3.8, 4) is 0 Å². The number of aromatic carboxylic acids is 1. The number of carboxylic acids is 1. The van der Waals surface area contributed by atoms with Gasteiger partial charge in [-0.3, -0.25) is 14.9 Å². The van der Waals surface area contributed by atoms with Crippen molar-refractivity contribution in [3.63, 3.8) is 0 Å². The summed E-state index contributed by atoms with van der Waals surface area (Å²) in [5, 5.41) is 22.8. The van der Waals surface area contributed by atoms with Crippen LogP contribution < -0.4 is 0 Å². The van der Waals surface area contributed by atoms with Crippen molar-refractivity contribution < 1.29 is 28.0 Å². The zero-order valence-corrected chi connectivity index (χ0v) is 23.6. The van der Waals surface area contributed by atoms with E-state index in [1.54, 1.807) is 18.2 Å². The van der Waals surface area contributed by atoms with E-state index in [0.29, 0.717) is 22.5 Å². The van der Waals surface area contributed by atoms with Gasteiger partial charge in [0.05, 0.1) is 15.4 Å². The molecule has 0 aliphatic rings. The molecule has 0 saturated heterocycles. The number of carboxylic acid groups (broad SMARTS) is 1. The van der Waals surface area contributed by atoms with E-state index in [2.05, 4.69) is 6.92 Å². The third-order valence-corrected chi connectivity index (χ3v) is 8.71. The fraction of sp³-hybridized carbons (Fsp3) is 0.400. The Morgan fingerprint density at radius 1 is 0.825 bits per heavy atom. The summed E-state index contributed by atoms with van der Waals surface area (Å²) in [6.45, 7) is 1.95. The number of nitro benzene ring substituents is 1. The summed E-state index contributed by atoms with van der Waals surface area (Å²) in [7, 11) is -4.47. The van der Waals surface area contributed by atoms with Gasteiger partial charge in [-0.15, -0.1) is 0 Å². The quantitative estimate of drug-likeness (QED) is 0.110. The lowest BCUT2D eigenvalue weighted by Crippen LogP contribution is -2.38. The Morgan fingerprint density at radius 2 is 1.43 bits per heavy atom. The first-order valence-electron chi connectivity index (χ1n) is 13.7. The molecule has 0 aromatic heterocycles. The second-order valence-corrected chi connectivity index (χ2v) is 11.7. The highest BCUT2D eigenvalue weighted by molar-refractivity contribution is 7.89. The molecule has 214 valence electrons. The monoisotopic (exact) mass is 568 g/mol. The van der Waals surface area contributed by atoms with Crippen LogP contribution in [0.25, 0.3) is 10.8 Å². The molecule has 0 saturated carbocycles. The van der Waals surface area contributed by atoms with Gasteiger partial charge in [0.2, 0.25) is 0 Å². The lowest BCUT2D eigenvalue weighted by atomic mass is 10.0. The van der Waals surface area contributed by atoms with E-state index in [1.165, 1.54) is 37.8 Å². The fourth-order valence-corrected chi connectivity index (χ4v) is 6.20. The number of carbonyl (C=O) groups is 2. The number of amides is 1. The number of fused-ring (bicyclic) bond motifs is 1. The maximum atomic E-state index is 13.8. The number of carbonyl (C=O) groups excluding carboxylic acids is 1. The van der Waals surface area contributed by atoms with Gasteiger partial charge in [-0.05, 0) is 35.4 Å². The highest BCUT2D eigenvalue weighted by Crippen LogP contribution is 2.29. The van der Waals surface area contributed by atoms with Crippen molar-refractivity contribution in [2.75, 3.05) is 6.54 Å². The highest BCUT2D eigenvalue weighted by atomic mass is 32.2. The number of sulfonamides is 1. The van der Waals surface area contributed by atoms with Crippen molar-refractivity contribution in [1.82, 2.24) is 4.31 Å². The minimum absolute atomic E-state index is 0.151. The first kappa shape index (κ1) is 30.7. The molecule has 0 aliphatic heterocycles. The Morgan fingerprint density at radius 3 is 2.02 bits per heavy atom. The van der Waals surface area contributed by atoms with Gasteiger partial charge in [0.25, 0.3) is 21.6 Å². The maximum Gasteiger partial charge on any atom is 0.336 e. The number of nitrogens with zero attached hydrogens (tertiary/aromatic N) is 2. The van der Waals surface area contributed by atoms with Gasteiger partial charge in [0, 0.05) is 12.6 Å². The van der Waals surface area contributed by atoms with Crippen LogP contribution in [0, 0.1) is 10.1 Å². The number of benzene rings is 3. The Kier molecular flexibility index (Phi) is 11.2. The van der Waals surface area contributed by atoms with E-state index < -0.39 is 43.6 Å². The van der Waals surface area contributed by atoms with Crippen LogP contribution in [0.2, 0.25) is 0 Å². The van der Waals surface area contributed by atoms with Gasteiger partial charge in [-0.2, -0.15) is 0 Å². The summed E-state index contributed by atoms with van der Waals surface area (Å²) in [4.78, 5) is 36.3. The molecule has 3 rings (SSSR count). The predicted octanol–water partition coefficient (Wildman–Crippen LogP) is 7.20. The van der Waals surface area contributed by atoms with Crippen LogP contribution in [0.15, 0.2) is 65.6 Å². The number of hydrogen-bond donors (Lipinski definition) is 1. The van der Waals surface area contributed by atoms with E-state index in [9.17, 15) is 33.2 Å². The summed E-state index contributed by atoms with van der Waals surface area (Å²) in [5.41, 5.74) is -2.14. The van der Waals surface area contributed by atoms with E-state index in [-0.39, 0.29) is 11.4 Å². The van der Waals surface area contributed by atoms with Crippen molar-refractivity contribution in [3.05, 3.63) is 81.9 Å². The molecule has 40 heavy (non-hydrogen) atoms. The molecule has 1 amide bonds. The Balaban J connectivity index is 1.88. The second-order valence-electron chi connectivity index (χ2n) is 9.84. The molecule has 0 fully saturated rings. The molecule has 3 aromatic rings. The smallest absolute Gasteiger partial charge is 0.336 e. The van der Waals surface area contributed by atoms with E-state index in [1.807, 2.05) is 12.1 Å². The van der Waals surface area contributed by atoms with Crippen LogP contribution >= 0.6 is 0 Å². The first-order chi connectivity index (χ1) is 19.2. The third kappa shape index (κ3) is 7.65. The topological polar surface area (TPSA) is 135 Å². The highest BCUT2D eigenvalue weighted by Gasteiger charge is 2.36. The molecule has 9 nitrogen and oxygen atoms in total. The van der Waals surface area contributed by atoms with Crippen LogP contribution in [0.4, 0.5) is 5.69 Å². The molecule has 0 radical (unpaired) electrons. The van der Waals surface area contributed by atoms with Crippen molar-refractivity contribution >= 4 is 38.4 Å². The molecule has 0 heterocycles. The molecule has 10 heteroatoms. The van der Waals surface area contributed by atoms with Gasteiger partial charge >= 0.3 is 5.97 Å². The average molecular weight is 569 g/mol. The average Bonchev–Trinajstić information content (AvgIpc) is 2.94. The zero-order chi connectivity index (χ0) is 29.1. The van der Waals surface area contributed by atoms with Crippen LogP contribution in [-0.4, -0.2) is 41.2 Å². The van der Waals surface area contributed by atoms with E-state index >= 15 is 0 Å². The second kappa shape index (κ2) is 14.6. The third-order valence-electron chi connectivity index (χ3n) is 6.93. The molecular weight excluding hydrogens is 532 g/mol. The minimum Gasteiger partial charge on any atom is -0.478 e. The van der Waals surface area contributed by atoms with Gasteiger partial charge in [-0.25, -0.2) is 17.5 Å². The molecule has 3 aromatic carbocycles. The Hall–Kier alpha value is -3.79. The van der Waals surface area contributed by atoms with Crippen LogP contribution in [0.5, 0.6) is 0 Å². The molecular formula is C30H36N2O7S. The van der Waals surface area contributed by atoms with Crippen LogP contribution in [0.3, 0.4) is 0 Å². The van der Waals surface area contributed by atoms with Crippen molar-refractivity contribution in [1.29, 1.82) is 0 Å². The largest absolute Gasteiger partial charge is 0.478 e. The Bertz CT molecular complexity index is 1420. The maximum absolute atomic E-state index is 13.8. The SMILES string of the molecule is CCCCCCCCCCCCN(C(=O)c1c(C(=O)O)cccc1[N+](=O)[O-])S(=O)(=O)c1ccc2ccccc2c1. The van der Waals surface area contributed by atoms with Crippen LogP contribution in [0.1, 0.15) is 91.8 Å². The minimum atomic E-state index is -4.47. The zero-order valence-electron chi connectivity index (χ0n) is 22.8. The lowest BCUT2D eigenvalue weighted by molar-refractivity contribution is -0.385. The van der Waals surface area contributed by atoms with Crippen molar-refractivity contribution in [2.24, 2.45) is 0 Å². The molecule has 0 atom stereocenters. The lowest BCUT2D eigenvalue weighted by Gasteiger charge is -2.23. The van der Waals surface area contributed by atoms with Gasteiger partial charge in [-0.1, -0.05) is 101 Å². The molecule has 0 unspecified atom stereocenters. The normalized spacial score (nSPS) is 11.4. The Labute approximate surface area is 235 Å². The summed E-state index contributed by atoms with van der Waals surface area (Å²) < 4.78 is 28.3. The van der Waals surface area contributed by atoms with Crippen LogP contribution in [-0.2, 0) is 10.0 Å². The number of nitro groups is 1. The summed E-state index contributed by atoms with van der Waals surface area (Å²) in [5.74, 6) is -2.79. The van der Waals surface area contributed by atoms with E-state index in [0.717, 1.165) is 49.3 Å². The molecule has 0 bridgehead atoms. The predicted molar refractivity (Wildman–Crippen MR) is 154 cm³/mol. The van der Waals surface area contributed by atoms with E-state index in [4.69, 9.17) is 0 Å². The van der Waals surface area contributed by atoms with Gasteiger partial charge < -0.3 is 5.11 Å². The molecule has 0 aliphatic carbocycles. The fourth-order valence-electron chi connectivity index (χ4n) is 4.75. The summed E-state index contributed by atoms with van der Waals surface area (Å²) in [6, 6.07) is 14.8. The molecule has 0 spiro atoms. The summed E-state index contributed by atoms with van der Waals surface area (Å²) in [6.07, 6.45) is 9.94. The number of hydrogen-bond acceptors (Lipinski definition) is 6. The first-order valence-corrected chi connectivity index (χ1v) is 15.2. The van der Waals surface area contributed by atoms with Gasteiger partial charge in [0.15, 0.2) is 0 Å². The number of rotatable bonds is 16. The van der Waals surface area contributed by atoms with Gasteiger partial charge in [0.1, 0.15) is 5.56 Å². The molecule has 1 N–H and O–H groups in total. The van der Waals surface area contributed by atoms with Crippen molar-refractivity contribution in [2.45, 2.75) is 76.0 Å². The summed E-state index contributed by atoms with van der Waals surface area (Å²) >= 11 is 0.